The molecule has 0 spiro atoms. The Kier molecular flexibility index (Phi) is 5.23. The first-order valence-electron chi connectivity index (χ1n) is 5.03. The van der Waals surface area contributed by atoms with E-state index in [0.717, 1.165) is 13.1 Å². The van der Waals surface area contributed by atoms with Crippen molar-refractivity contribution < 1.29 is 4.39 Å². The molecule has 86 valence electrons. The average Bonchev–Trinajstić information content (AvgIpc) is 2.30. The second-order valence-corrected chi connectivity index (χ2v) is 3.97. The molecule has 0 aliphatic carbocycles. The smallest absolute Gasteiger partial charge is 0.161 e. The summed E-state index contributed by atoms with van der Waals surface area (Å²) < 4.78 is 13.9. The van der Waals surface area contributed by atoms with Gasteiger partial charge in [-0.25, -0.2) is 4.39 Å². The summed E-state index contributed by atoms with van der Waals surface area (Å²) in [5.74, 6) is -0.421. The fourth-order valence-corrected chi connectivity index (χ4v) is 1.67. The summed E-state index contributed by atoms with van der Waals surface area (Å²) >= 11 is 3.06. The Balaban J connectivity index is 2.68. The van der Waals surface area contributed by atoms with Crippen molar-refractivity contribution in [1.82, 2.24) is 5.32 Å². The third kappa shape index (κ3) is 3.19. The largest absolute Gasteiger partial charge is 0.381 e. The number of nitrogens with zero attached hydrogens (tertiary/aromatic N) is 1. The van der Waals surface area contributed by atoms with Gasteiger partial charge in [0.2, 0.25) is 0 Å². The van der Waals surface area contributed by atoms with E-state index < -0.39 is 5.82 Å². The van der Waals surface area contributed by atoms with Crippen molar-refractivity contribution in [2.45, 2.75) is 6.92 Å². The summed E-state index contributed by atoms with van der Waals surface area (Å²) in [5, 5.41) is 14.8. The highest BCUT2D eigenvalue weighted by Gasteiger charge is 2.10. The highest BCUT2D eigenvalue weighted by molar-refractivity contribution is 9.10. The van der Waals surface area contributed by atoms with Gasteiger partial charge < -0.3 is 10.6 Å². The number of rotatable bonds is 5. The molecule has 0 unspecified atom stereocenters. The van der Waals surface area contributed by atoms with E-state index in [1.54, 1.807) is 12.1 Å². The Hall–Kier alpha value is -1.12. The third-order valence-electron chi connectivity index (χ3n) is 2.07. The van der Waals surface area contributed by atoms with Gasteiger partial charge in [0, 0.05) is 13.1 Å². The van der Waals surface area contributed by atoms with Crippen LogP contribution in [0.4, 0.5) is 10.1 Å². The van der Waals surface area contributed by atoms with Crippen LogP contribution in [-0.4, -0.2) is 19.6 Å². The number of likely N-dealkylation sites (N-methyl/N-ethyl adjacent to an activating group) is 1. The van der Waals surface area contributed by atoms with Crippen LogP contribution in [0.1, 0.15) is 12.5 Å². The molecule has 0 aliphatic rings. The molecular weight excluding hydrogens is 273 g/mol. The van der Waals surface area contributed by atoms with Crippen LogP contribution in [0, 0.1) is 17.1 Å². The lowest BCUT2D eigenvalue weighted by Crippen LogP contribution is -2.21. The van der Waals surface area contributed by atoms with Crippen molar-refractivity contribution in [2.75, 3.05) is 25.0 Å². The average molecular weight is 286 g/mol. The predicted molar refractivity (Wildman–Crippen MR) is 65.8 cm³/mol. The molecule has 2 N–H and O–H groups in total. The Morgan fingerprint density at radius 1 is 1.44 bits per heavy atom. The first kappa shape index (κ1) is 12.9. The zero-order chi connectivity index (χ0) is 12.0. The van der Waals surface area contributed by atoms with Crippen LogP contribution < -0.4 is 10.6 Å². The first-order chi connectivity index (χ1) is 7.70. The van der Waals surface area contributed by atoms with Crippen molar-refractivity contribution in [3.63, 3.8) is 0 Å². The van der Waals surface area contributed by atoms with Gasteiger partial charge in [-0.05, 0) is 34.6 Å². The normalized spacial score (nSPS) is 9.88. The fourth-order valence-electron chi connectivity index (χ4n) is 1.23. The summed E-state index contributed by atoms with van der Waals surface area (Å²) in [6.07, 6.45) is 0. The molecule has 0 saturated heterocycles. The van der Waals surface area contributed by atoms with Crippen LogP contribution in [-0.2, 0) is 0 Å². The van der Waals surface area contributed by atoms with Crippen LogP contribution in [0.5, 0.6) is 0 Å². The highest BCUT2D eigenvalue weighted by Crippen LogP contribution is 2.26. The van der Waals surface area contributed by atoms with Crippen molar-refractivity contribution in [2.24, 2.45) is 0 Å². The lowest BCUT2D eigenvalue weighted by molar-refractivity contribution is 0.622. The van der Waals surface area contributed by atoms with E-state index in [-0.39, 0.29) is 4.47 Å². The van der Waals surface area contributed by atoms with E-state index in [0.29, 0.717) is 17.8 Å². The molecule has 1 rings (SSSR count). The zero-order valence-corrected chi connectivity index (χ0v) is 10.6. The van der Waals surface area contributed by atoms with Crippen LogP contribution in [0.2, 0.25) is 0 Å². The Morgan fingerprint density at radius 3 is 2.81 bits per heavy atom. The number of benzene rings is 1. The van der Waals surface area contributed by atoms with E-state index >= 15 is 0 Å². The summed E-state index contributed by atoms with van der Waals surface area (Å²) in [4.78, 5) is 0. The molecule has 0 aliphatic heterocycles. The molecule has 0 atom stereocenters. The van der Waals surface area contributed by atoms with Crippen molar-refractivity contribution >= 4 is 21.6 Å². The maximum Gasteiger partial charge on any atom is 0.161 e. The molecule has 1 aromatic carbocycles. The van der Waals surface area contributed by atoms with Gasteiger partial charge >= 0.3 is 0 Å². The second-order valence-electron chi connectivity index (χ2n) is 3.18. The van der Waals surface area contributed by atoms with Crippen LogP contribution >= 0.6 is 15.9 Å². The van der Waals surface area contributed by atoms with Crippen molar-refractivity contribution in [3.8, 4) is 6.07 Å². The highest BCUT2D eigenvalue weighted by atomic mass is 79.9. The van der Waals surface area contributed by atoms with Gasteiger partial charge in [-0.1, -0.05) is 6.92 Å². The third-order valence-corrected chi connectivity index (χ3v) is 2.85. The van der Waals surface area contributed by atoms with Crippen LogP contribution in [0.25, 0.3) is 0 Å². The topological polar surface area (TPSA) is 47.8 Å². The van der Waals surface area contributed by atoms with Gasteiger partial charge in [0.05, 0.1) is 15.7 Å². The molecule has 0 saturated carbocycles. The Morgan fingerprint density at radius 2 is 2.19 bits per heavy atom. The summed E-state index contributed by atoms with van der Waals surface area (Å²) in [7, 11) is 0. The molecular formula is C11H13BrFN3. The zero-order valence-electron chi connectivity index (χ0n) is 8.98. The van der Waals surface area contributed by atoms with Gasteiger partial charge in [0.15, 0.2) is 5.82 Å². The molecule has 0 aromatic heterocycles. The van der Waals surface area contributed by atoms with Crippen molar-refractivity contribution in [3.05, 3.63) is 28.0 Å². The monoisotopic (exact) mass is 285 g/mol. The lowest BCUT2D eigenvalue weighted by atomic mass is 10.2. The predicted octanol–water partition coefficient (Wildman–Crippen LogP) is 2.48. The number of halogens is 2. The van der Waals surface area contributed by atoms with Gasteiger partial charge in [0.25, 0.3) is 0 Å². The van der Waals surface area contributed by atoms with Crippen LogP contribution in [0.15, 0.2) is 16.6 Å². The first-order valence-corrected chi connectivity index (χ1v) is 5.82. The number of anilines is 1. The molecule has 5 heteroatoms. The molecule has 3 nitrogen and oxygen atoms in total. The molecule has 0 bridgehead atoms. The van der Waals surface area contributed by atoms with Crippen LogP contribution in [0.3, 0.4) is 0 Å². The van der Waals surface area contributed by atoms with E-state index in [9.17, 15) is 4.39 Å². The van der Waals surface area contributed by atoms with E-state index in [2.05, 4.69) is 26.6 Å². The number of nitrogens with one attached hydrogen (secondary N) is 2. The van der Waals surface area contributed by atoms with Gasteiger partial charge in [0.1, 0.15) is 6.07 Å². The Labute approximate surface area is 103 Å². The molecule has 0 radical (unpaired) electrons. The molecule has 16 heavy (non-hydrogen) atoms. The molecule has 0 amide bonds. The quantitative estimate of drug-likeness (QED) is 0.817. The minimum absolute atomic E-state index is 0.212. The summed E-state index contributed by atoms with van der Waals surface area (Å²) in [5.41, 5.74) is 0.707. The fraction of sp³-hybridized carbons (Fsp3) is 0.364. The van der Waals surface area contributed by atoms with E-state index in [1.807, 2.05) is 13.0 Å². The summed E-state index contributed by atoms with van der Waals surface area (Å²) in [6, 6.07) is 5.07. The molecule has 0 heterocycles. The van der Waals surface area contributed by atoms with E-state index in [4.69, 9.17) is 5.26 Å². The van der Waals surface area contributed by atoms with E-state index in [1.165, 1.54) is 0 Å². The van der Waals surface area contributed by atoms with Gasteiger partial charge in [-0.3, -0.25) is 0 Å². The standard InChI is InChI=1S/C11H13BrFN3/c1-2-15-5-6-16-9-4-3-8(7-14)10(12)11(9)13/h3-4,15-16H,2,5-6H2,1H3. The lowest BCUT2D eigenvalue weighted by Gasteiger charge is -2.09. The maximum absolute atomic E-state index is 13.7. The number of nitriles is 1. The number of hydrogen-bond acceptors (Lipinski definition) is 3. The molecule has 0 fully saturated rings. The Bertz CT molecular complexity index is 401. The molecule has 1 aromatic rings. The van der Waals surface area contributed by atoms with Gasteiger partial charge in [-0.15, -0.1) is 0 Å². The number of hydrogen-bond donors (Lipinski definition) is 2. The van der Waals surface area contributed by atoms with Crippen molar-refractivity contribution in [1.29, 1.82) is 5.26 Å². The van der Waals surface area contributed by atoms with Gasteiger partial charge in [-0.2, -0.15) is 5.26 Å². The maximum atomic E-state index is 13.7. The SMILES string of the molecule is CCNCCNc1ccc(C#N)c(Br)c1F. The second kappa shape index (κ2) is 6.46. The minimum atomic E-state index is -0.421. The minimum Gasteiger partial charge on any atom is -0.381 e. The summed E-state index contributed by atoms with van der Waals surface area (Å²) in [6.45, 7) is 4.32.